The summed E-state index contributed by atoms with van der Waals surface area (Å²) in [5, 5.41) is 10.1. The molecule has 2 heteroatoms. The molecule has 0 aromatic carbocycles. The Hall–Kier alpha value is -0.0800. The SMILES string of the molecule is CC(C)(C)C1CN(C(C)(C)C(C)(C)O)C1. The molecule has 0 aromatic heterocycles. The van der Waals surface area contributed by atoms with E-state index in [1.54, 1.807) is 0 Å². The van der Waals surface area contributed by atoms with Gasteiger partial charge in [-0.15, -0.1) is 0 Å². The average molecular weight is 213 g/mol. The first-order valence-corrected chi connectivity index (χ1v) is 5.93. The van der Waals surface area contributed by atoms with Crippen LogP contribution in [0.1, 0.15) is 48.5 Å². The molecule has 0 saturated carbocycles. The van der Waals surface area contributed by atoms with Crippen LogP contribution in [0, 0.1) is 11.3 Å². The van der Waals surface area contributed by atoms with Gasteiger partial charge >= 0.3 is 0 Å². The van der Waals surface area contributed by atoms with Gasteiger partial charge in [0.1, 0.15) is 0 Å². The molecule has 2 nitrogen and oxygen atoms in total. The Kier molecular flexibility index (Phi) is 2.99. The maximum Gasteiger partial charge on any atom is 0.0769 e. The molecule has 0 amide bonds. The second-order valence-corrected chi connectivity index (χ2v) is 7.09. The number of nitrogens with zero attached hydrogens (tertiary/aromatic N) is 1. The van der Waals surface area contributed by atoms with E-state index >= 15 is 0 Å². The van der Waals surface area contributed by atoms with Crippen molar-refractivity contribution in [2.45, 2.75) is 59.6 Å². The molecule has 0 atom stereocenters. The minimum Gasteiger partial charge on any atom is -0.389 e. The van der Waals surface area contributed by atoms with Crippen LogP contribution in [0.5, 0.6) is 0 Å². The summed E-state index contributed by atoms with van der Waals surface area (Å²) in [6.45, 7) is 17.2. The number of likely N-dealkylation sites (tertiary alicyclic amines) is 1. The predicted octanol–water partition coefficient (Wildman–Crippen LogP) is 2.51. The van der Waals surface area contributed by atoms with E-state index in [0.29, 0.717) is 5.41 Å². The van der Waals surface area contributed by atoms with Gasteiger partial charge in [-0.2, -0.15) is 0 Å². The fourth-order valence-corrected chi connectivity index (χ4v) is 1.87. The predicted molar refractivity (Wildman–Crippen MR) is 64.9 cm³/mol. The van der Waals surface area contributed by atoms with Gasteiger partial charge < -0.3 is 5.11 Å². The Balaban J connectivity index is 2.59. The molecule has 90 valence electrons. The van der Waals surface area contributed by atoms with Gasteiger partial charge in [0.2, 0.25) is 0 Å². The number of hydrogen-bond donors (Lipinski definition) is 1. The van der Waals surface area contributed by atoms with Crippen LogP contribution >= 0.6 is 0 Å². The fourth-order valence-electron chi connectivity index (χ4n) is 1.87. The average Bonchev–Trinajstić information content (AvgIpc) is 1.74. The van der Waals surface area contributed by atoms with Crippen LogP contribution in [-0.4, -0.2) is 34.2 Å². The van der Waals surface area contributed by atoms with Crippen molar-refractivity contribution in [3.8, 4) is 0 Å². The lowest BCUT2D eigenvalue weighted by atomic mass is 9.72. The summed E-state index contributed by atoms with van der Waals surface area (Å²) in [6, 6.07) is 0. The summed E-state index contributed by atoms with van der Waals surface area (Å²) in [5.74, 6) is 0.763. The molecule has 1 aliphatic heterocycles. The number of rotatable bonds is 2. The van der Waals surface area contributed by atoms with E-state index in [4.69, 9.17) is 0 Å². The Morgan fingerprint density at radius 3 is 1.60 bits per heavy atom. The zero-order valence-electron chi connectivity index (χ0n) is 11.4. The third-order valence-electron chi connectivity index (χ3n) is 4.39. The highest BCUT2D eigenvalue weighted by Gasteiger charge is 2.48. The highest BCUT2D eigenvalue weighted by Crippen LogP contribution is 2.40. The first-order valence-electron chi connectivity index (χ1n) is 5.93. The monoisotopic (exact) mass is 213 g/mol. The van der Waals surface area contributed by atoms with Crippen LogP contribution in [0.15, 0.2) is 0 Å². The van der Waals surface area contributed by atoms with Gasteiger partial charge in [-0.3, -0.25) is 4.90 Å². The minimum atomic E-state index is -0.643. The van der Waals surface area contributed by atoms with Crippen LogP contribution in [0.2, 0.25) is 0 Å². The molecule has 1 rings (SSSR count). The van der Waals surface area contributed by atoms with Gasteiger partial charge in [0.05, 0.1) is 5.60 Å². The molecular formula is C13H27NO. The molecule has 0 unspecified atom stereocenters. The number of aliphatic hydroxyl groups is 1. The third-order valence-corrected chi connectivity index (χ3v) is 4.39. The van der Waals surface area contributed by atoms with Crippen molar-refractivity contribution in [1.82, 2.24) is 4.90 Å². The van der Waals surface area contributed by atoms with Crippen molar-refractivity contribution in [1.29, 1.82) is 0 Å². The topological polar surface area (TPSA) is 23.5 Å². The third kappa shape index (κ3) is 2.36. The highest BCUT2D eigenvalue weighted by atomic mass is 16.3. The summed E-state index contributed by atoms with van der Waals surface area (Å²) in [7, 11) is 0. The van der Waals surface area contributed by atoms with Gasteiger partial charge in [-0.1, -0.05) is 20.8 Å². The lowest BCUT2D eigenvalue weighted by Gasteiger charge is -2.57. The Labute approximate surface area is 94.7 Å². The fraction of sp³-hybridized carbons (Fsp3) is 1.00. The summed E-state index contributed by atoms with van der Waals surface area (Å²) in [4.78, 5) is 2.39. The van der Waals surface area contributed by atoms with Gasteiger partial charge in [0.25, 0.3) is 0 Å². The summed E-state index contributed by atoms with van der Waals surface area (Å²) in [6.07, 6.45) is 0. The molecule has 0 spiro atoms. The lowest BCUT2D eigenvalue weighted by molar-refractivity contribution is -0.130. The second-order valence-electron chi connectivity index (χ2n) is 7.09. The quantitative estimate of drug-likeness (QED) is 0.762. The Bertz CT molecular complexity index is 226. The second kappa shape index (κ2) is 3.46. The van der Waals surface area contributed by atoms with Crippen molar-refractivity contribution in [2.24, 2.45) is 11.3 Å². The van der Waals surface area contributed by atoms with Gasteiger partial charge in [0, 0.05) is 18.6 Å². The van der Waals surface area contributed by atoms with E-state index in [1.807, 2.05) is 13.8 Å². The summed E-state index contributed by atoms with van der Waals surface area (Å²) >= 11 is 0. The minimum absolute atomic E-state index is 0.130. The Morgan fingerprint density at radius 2 is 1.33 bits per heavy atom. The zero-order valence-corrected chi connectivity index (χ0v) is 11.4. The normalized spacial score (nSPS) is 21.6. The molecule has 0 radical (unpaired) electrons. The Morgan fingerprint density at radius 1 is 0.933 bits per heavy atom. The first kappa shape index (κ1) is 13.0. The largest absolute Gasteiger partial charge is 0.389 e. The summed E-state index contributed by atoms with van der Waals surface area (Å²) in [5.41, 5.74) is -0.378. The zero-order chi connectivity index (χ0) is 12.1. The smallest absolute Gasteiger partial charge is 0.0769 e. The van der Waals surface area contributed by atoms with Gasteiger partial charge in [0.15, 0.2) is 0 Å². The standard InChI is InChI=1S/C13H27NO/c1-11(2,3)10-8-14(9-10)12(4,5)13(6,7)15/h10,15H,8-9H2,1-7H3. The molecule has 0 aliphatic carbocycles. The molecular weight excluding hydrogens is 186 g/mol. The van der Waals surface area contributed by atoms with Crippen LogP contribution in [-0.2, 0) is 0 Å². The molecule has 1 heterocycles. The van der Waals surface area contributed by atoms with Crippen molar-refractivity contribution in [3.63, 3.8) is 0 Å². The highest BCUT2D eigenvalue weighted by molar-refractivity contribution is 5.02. The molecule has 0 aromatic rings. The van der Waals surface area contributed by atoms with E-state index < -0.39 is 5.60 Å². The van der Waals surface area contributed by atoms with Crippen molar-refractivity contribution >= 4 is 0 Å². The number of hydrogen-bond acceptors (Lipinski definition) is 2. The van der Waals surface area contributed by atoms with Crippen LogP contribution < -0.4 is 0 Å². The van der Waals surface area contributed by atoms with Crippen molar-refractivity contribution in [3.05, 3.63) is 0 Å². The maximum absolute atomic E-state index is 10.1. The molecule has 15 heavy (non-hydrogen) atoms. The molecule has 0 bridgehead atoms. The summed E-state index contributed by atoms with van der Waals surface area (Å²) < 4.78 is 0. The molecule has 1 aliphatic rings. The molecule has 1 saturated heterocycles. The maximum atomic E-state index is 10.1. The molecule has 1 fully saturated rings. The van der Waals surface area contributed by atoms with E-state index in [0.717, 1.165) is 19.0 Å². The van der Waals surface area contributed by atoms with Crippen LogP contribution in [0.4, 0.5) is 0 Å². The molecule has 1 N–H and O–H groups in total. The van der Waals surface area contributed by atoms with E-state index in [2.05, 4.69) is 39.5 Å². The van der Waals surface area contributed by atoms with Gasteiger partial charge in [-0.25, -0.2) is 0 Å². The lowest BCUT2D eigenvalue weighted by Crippen LogP contribution is -2.67. The van der Waals surface area contributed by atoms with Crippen LogP contribution in [0.3, 0.4) is 0 Å². The van der Waals surface area contributed by atoms with E-state index in [1.165, 1.54) is 0 Å². The van der Waals surface area contributed by atoms with Crippen LogP contribution in [0.25, 0.3) is 0 Å². The van der Waals surface area contributed by atoms with Crippen molar-refractivity contribution in [2.75, 3.05) is 13.1 Å². The van der Waals surface area contributed by atoms with Crippen molar-refractivity contribution < 1.29 is 5.11 Å². The van der Waals surface area contributed by atoms with E-state index in [9.17, 15) is 5.11 Å². The first-order chi connectivity index (χ1) is 6.46. The van der Waals surface area contributed by atoms with Gasteiger partial charge in [-0.05, 0) is 39.0 Å². The van der Waals surface area contributed by atoms with E-state index in [-0.39, 0.29) is 5.54 Å².